The summed E-state index contributed by atoms with van der Waals surface area (Å²) in [5.41, 5.74) is 2.03. The number of nitrogens with zero attached hydrogens (tertiary/aromatic N) is 3. The van der Waals surface area contributed by atoms with Gasteiger partial charge in [-0.15, -0.1) is 11.8 Å². The Morgan fingerprint density at radius 3 is 2.18 bits per heavy atom. The van der Waals surface area contributed by atoms with Gasteiger partial charge in [-0.2, -0.15) is 0 Å². The van der Waals surface area contributed by atoms with Gasteiger partial charge in [0.25, 0.3) is 0 Å². The predicted molar refractivity (Wildman–Crippen MR) is 176 cm³/mol. The number of thioether (sulfide) groups is 1. The zero-order valence-corrected chi connectivity index (χ0v) is 26.8. The standard InChI is InChI=1S/C37H43N3O4S/c1-36-19-11-21-38(24-27-15-7-3-8-16-27)33(42)30(36)31-34(43)40(29(25-41)23-26-13-5-2-6-14-26)32-35(44)39(28-17-9-4-10-18-28)22-12-20-37(31,32)45-36/h2-3,5-8,11-16,19-20,28-32,41H,4,9-10,17-18,21-25H2,1H3/t29-,30+,31+,32?,36-,37+/m1/s1. The maximum Gasteiger partial charge on any atom is 0.247 e. The molecular formula is C37H43N3O4S. The molecule has 1 aliphatic carbocycles. The molecule has 3 fully saturated rings. The average Bonchev–Trinajstić information content (AvgIpc) is 3.34. The second-order valence-electron chi connectivity index (χ2n) is 13.6. The maximum absolute atomic E-state index is 15.0. The van der Waals surface area contributed by atoms with Crippen molar-refractivity contribution in [2.45, 2.75) is 79.6 Å². The van der Waals surface area contributed by atoms with E-state index in [9.17, 15) is 14.7 Å². The Morgan fingerprint density at radius 1 is 0.822 bits per heavy atom. The van der Waals surface area contributed by atoms with E-state index >= 15 is 4.79 Å². The lowest BCUT2D eigenvalue weighted by atomic mass is 9.74. The molecule has 7 rings (SSSR count). The van der Waals surface area contributed by atoms with E-state index in [0.717, 1.165) is 36.8 Å². The van der Waals surface area contributed by atoms with Gasteiger partial charge < -0.3 is 19.8 Å². The zero-order valence-electron chi connectivity index (χ0n) is 26.0. The number of fused-ring (bicyclic) bond motifs is 2. The van der Waals surface area contributed by atoms with Gasteiger partial charge in [-0.25, -0.2) is 0 Å². The number of hydrogen-bond acceptors (Lipinski definition) is 5. The predicted octanol–water partition coefficient (Wildman–Crippen LogP) is 4.61. The molecule has 4 heterocycles. The van der Waals surface area contributed by atoms with Crippen LogP contribution in [0.1, 0.15) is 50.2 Å². The van der Waals surface area contributed by atoms with Gasteiger partial charge in [0, 0.05) is 30.4 Å². The number of amides is 3. The Bertz CT molecular complexity index is 1490. The van der Waals surface area contributed by atoms with E-state index in [1.807, 2.05) is 70.5 Å². The number of aliphatic hydroxyl groups is 1. The van der Waals surface area contributed by atoms with Crippen LogP contribution in [-0.2, 0) is 27.3 Å². The molecule has 4 aliphatic heterocycles. The first-order valence-corrected chi connectivity index (χ1v) is 17.3. The largest absolute Gasteiger partial charge is 0.394 e. The summed E-state index contributed by atoms with van der Waals surface area (Å²) in [5.74, 6) is -1.64. The molecule has 1 saturated carbocycles. The first kappa shape index (κ1) is 30.3. The lowest BCUT2D eigenvalue weighted by Gasteiger charge is -2.42. The second-order valence-corrected chi connectivity index (χ2v) is 15.4. The molecule has 5 aliphatic rings. The number of aliphatic hydroxyl groups excluding tert-OH is 1. The average molecular weight is 626 g/mol. The lowest BCUT2D eigenvalue weighted by Crippen LogP contribution is -2.58. The molecule has 0 bridgehead atoms. The maximum atomic E-state index is 15.0. The molecule has 1 unspecified atom stereocenters. The monoisotopic (exact) mass is 625 g/mol. The van der Waals surface area contributed by atoms with Crippen molar-refractivity contribution in [3.63, 3.8) is 0 Å². The summed E-state index contributed by atoms with van der Waals surface area (Å²) < 4.78 is -1.58. The van der Waals surface area contributed by atoms with E-state index in [4.69, 9.17) is 0 Å². The lowest BCUT2D eigenvalue weighted by molar-refractivity contribution is -0.148. The normalized spacial score (nSPS) is 32.3. The zero-order chi connectivity index (χ0) is 31.2. The number of hydrogen-bond donors (Lipinski definition) is 1. The summed E-state index contributed by atoms with van der Waals surface area (Å²) in [4.78, 5) is 50.2. The summed E-state index contributed by atoms with van der Waals surface area (Å²) in [6.45, 7) is 3.24. The van der Waals surface area contributed by atoms with Crippen LogP contribution in [0.4, 0.5) is 0 Å². The molecule has 2 aromatic carbocycles. The molecule has 3 amide bonds. The Kier molecular flexibility index (Phi) is 8.15. The van der Waals surface area contributed by atoms with Gasteiger partial charge in [-0.3, -0.25) is 14.4 Å². The minimum absolute atomic E-state index is 0.0422. The summed E-state index contributed by atoms with van der Waals surface area (Å²) in [6.07, 6.45) is 14.1. The molecule has 6 atom stereocenters. The van der Waals surface area contributed by atoms with E-state index in [1.54, 1.807) is 16.7 Å². The highest BCUT2D eigenvalue weighted by Gasteiger charge is 2.74. The van der Waals surface area contributed by atoms with Crippen LogP contribution in [0.3, 0.4) is 0 Å². The van der Waals surface area contributed by atoms with Crippen LogP contribution in [0.5, 0.6) is 0 Å². The van der Waals surface area contributed by atoms with Gasteiger partial charge >= 0.3 is 0 Å². The molecule has 0 aromatic heterocycles. The highest BCUT2D eigenvalue weighted by atomic mass is 32.2. The van der Waals surface area contributed by atoms with E-state index in [2.05, 4.69) is 31.2 Å². The number of rotatable bonds is 7. The van der Waals surface area contributed by atoms with E-state index in [0.29, 0.717) is 26.1 Å². The van der Waals surface area contributed by atoms with Crippen LogP contribution in [0.2, 0.25) is 0 Å². The van der Waals surface area contributed by atoms with Crippen LogP contribution < -0.4 is 0 Å². The minimum Gasteiger partial charge on any atom is -0.394 e. The first-order valence-electron chi connectivity index (χ1n) is 16.5. The third-order valence-electron chi connectivity index (χ3n) is 10.8. The van der Waals surface area contributed by atoms with Gasteiger partial charge in [0.05, 0.1) is 29.2 Å². The van der Waals surface area contributed by atoms with Crippen molar-refractivity contribution >= 4 is 29.5 Å². The van der Waals surface area contributed by atoms with Crippen molar-refractivity contribution in [1.82, 2.24) is 14.7 Å². The SMILES string of the molecule is C[C@@]12C=CCN(Cc3ccccc3)C(=O)[C@@H]1[C@H]1C(=O)N([C@@H](CO)Cc3ccccc3)C3C(=O)N(C4CCCCC4)CC=C[C@@]31S2. The molecule has 2 aromatic rings. The summed E-state index contributed by atoms with van der Waals surface area (Å²) in [5, 5.41) is 10.8. The van der Waals surface area contributed by atoms with E-state index in [-0.39, 0.29) is 30.4 Å². The van der Waals surface area contributed by atoms with Crippen LogP contribution in [-0.4, -0.2) is 84.8 Å². The summed E-state index contributed by atoms with van der Waals surface area (Å²) in [6, 6.07) is 18.6. The smallest absolute Gasteiger partial charge is 0.247 e. The Balaban J connectivity index is 1.31. The van der Waals surface area contributed by atoms with Crippen molar-refractivity contribution in [2.75, 3.05) is 19.7 Å². The van der Waals surface area contributed by atoms with Crippen molar-refractivity contribution < 1.29 is 19.5 Å². The van der Waals surface area contributed by atoms with Crippen molar-refractivity contribution in [1.29, 1.82) is 0 Å². The molecule has 8 heteroatoms. The van der Waals surface area contributed by atoms with Gasteiger partial charge in [-0.05, 0) is 37.3 Å². The van der Waals surface area contributed by atoms with Crippen molar-refractivity contribution in [3.8, 4) is 0 Å². The fourth-order valence-electron chi connectivity index (χ4n) is 8.73. The van der Waals surface area contributed by atoms with Crippen molar-refractivity contribution in [3.05, 3.63) is 96.1 Å². The second kappa shape index (κ2) is 12.1. The Labute approximate surface area is 270 Å². The van der Waals surface area contributed by atoms with E-state index in [1.165, 1.54) is 6.42 Å². The molecule has 236 valence electrons. The fourth-order valence-corrected chi connectivity index (χ4v) is 10.9. The quantitative estimate of drug-likeness (QED) is 0.455. The number of carbonyl (C=O) groups is 3. The van der Waals surface area contributed by atoms with Gasteiger partial charge in [0.1, 0.15) is 6.04 Å². The highest BCUT2D eigenvalue weighted by molar-refractivity contribution is 8.02. The minimum atomic E-state index is -0.920. The third kappa shape index (κ3) is 5.14. The molecule has 0 radical (unpaired) electrons. The van der Waals surface area contributed by atoms with E-state index < -0.39 is 33.4 Å². The number of likely N-dealkylation sites (tertiary alicyclic amines) is 1. The van der Waals surface area contributed by atoms with Gasteiger partial charge in [-0.1, -0.05) is 104 Å². The summed E-state index contributed by atoms with van der Waals surface area (Å²) in [7, 11) is 0. The van der Waals surface area contributed by atoms with Crippen molar-refractivity contribution in [2.24, 2.45) is 11.8 Å². The Hall–Kier alpha value is -3.36. The van der Waals surface area contributed by atoms with Crippen LogP contribution in [0.15, 0.2) is 85.0 Å². The molecule has 1 N–H and O–H groups in total. The van der Waals surface area contributed by atoms with Gasteiger partial charge in [0.15, 0.2) is 0 Å². The molecular weight excluding hydrogens is 582 g/mol. The summed E-state index contributed by atoms with van der Waals surface area (Å²) >= 11 is 1.62. The first-order chi connectivity index (χ1) is 21.9. The third-order valence-corrected chi connectivity index (χ3v) is 12.6. The van der Waals surface area contributed by atoms with Crippen LogP contribution >= 0.6 is 11.8 Å². The fraction of sp³-hybridized carbons (Fsp3) is 0.486. The van der Waals surface area contributed by atoms with Crippen LogP contribution in [0.25, 0.3) is 0 Å². The number of benzene rings is 2. The number of carbonyl (C=O) groups excluding carboxylic acids is 3. The topological polar surface area (TPSA) is 81.2 Å². The Morgan fingerprint density at radius 2 is 1.49 bits per heavy atom. The van der Waals surface area contributed by atoms with Gasteiger partial charge in [0.2, 0.25) is 17.7 Å². The molecule has 1 spiro atoms. The molecule has 45 heavy (non-hydrogen) atoms. The molecule has 2 saturated heterocycles. The highest BCUT2D eigenvalue weighted by Crippen LogP contribution is 2.66. The van der Waals surface area contributed by atoms with Crippen LogP contribution in [0, 0.1) is 11.8 Å². The molecule has 7 nitrogen and oxygen atoms in total.